The van der Waals surface area contributed by atoms with Crippen molar-refractivity contribution in [3.63, 3.8) is 0 Å². The lowest BCUT2D eigenvalue weighted by molar-refractivity contribution is -0.870. The van der Waals surface area contributed by atoms with Crippen molar-refractivity contribution in [2.24, 2.45) is 0 Å². The lowest BCUT2D eigenvalue weighted by Crippen LogP contribution is -2.48. The van der Waals surface area contributed by atoms with Gasteiger partial charge < -0.3 is 38.6 Å². The first-order valence-electron chi connectivity index (χ1n) is 22.2. The van der Waals surface area contributed by atoms with Crippen LogP contribution in [-0.4, -0.2) is 170 Å². The summed E-state index contributed by atoms with van der Waals surface area (Å²) >= 11 is 0. The third-order valence-corrected chi connectivity index (χ3v) is 12.7. The van der Waals surface area contributed by atoms with Crippen molar-refractivity contribution < 1.29 is 48.1 Å². The summed E-state index contributed by atoms with van der Waals surface area (Å²) in [6, 6.07) is 8.60. The Kier molecular flexibility index (Phi) is 27.7. The van der Waals surface area contributed by atoms with Gasteiger partial charge in [0.2, 0.25) is 0 Å². The van der Waals surface area contributed by atoms with Gasteiger partial charge in [-0.15, -0.1) is 0 Å². The number of carbonyl (C=O) groups is 3. The van der Waals surface area contributed by atoms with Gasteiger partial charge in [-0.1, -0.05) is 102 Å². The second-order valence-electron chi connectivity index (χ2n) is 17.3. The minimum Gasteiger partial charge on any atom is -0.480 e. The SMILES string of the molecule is C[N+](C)(C)CCOP(O)(=P)OCCCCCCCCCCCCCCCCCCc1ccc(N2CCN(CC(=O)O)CCN(CC(=O)O)CCN(CC(=O)O)CC2)cc1. The summed E-state index contributed by atoms with van der Waals surface area (Å²) in [5.74, 6) is -2.81. The summed E-state index contributed by atoms with van der Waals surface area (Å²) in [5, 5.41) is 28.4. The fraction of sp³-hybridized carbons (Fsp3) is 0.791. The Balaban J connectivity index is 1.57. The molecule has 16 heteroatoms. The highest BCUT2D eigenvalue weighted by atomic mass is 31.8. The number of hydrogen-bond donors (Lipinski definition) is 4. The van der Waals surface area contributed by atoms with E-state index in [1.807, 2.05) is 9.80 Å². The third kappa shape index (κ3) is 28.9. The van der Waals surface area contributed by atoms with Crippen LogP contribution in [0.15, 0.2) is 24.3 Å². The van der Waals surface area contributed by atoms with E-state index in [0.29, 0.717) is 65.6 Å². The number of aryl methyl sites for hydroxylation is 1. The molecule has 1 saturated heterocycles. The van der Waals surface area contributed by atoms with E-state index < -0.39 is 25.1 Å². The molecule has 1 aromatic carbocycles. The number of unbranched alkanes of at least 4 members (excludes halogenated alkanes) is 15. The lowest BCUT2D eigenvalue weighted by atomic mass is 10.0. The molecule has 0 bridgehead atoms. The minimum absolute atomic E-state index is 0.124. The quantitative estimate of drug-likeness (QED) is 0.0343. The highest BCUT2D eigenvalue weighted by Crippen LogP contribution is 2.49. The molecule has 1 unspecified atom stereocenters. The molecule has 2 rings (SSSR count). The Morgan fingerprint density at radius 2 is 0.898 bits per heavy atom. The predicted molar refractivity (Wildman–Crippen MR) is 241 cm³/mol. The number of carboxylic acids is 3. The number of quaternary nitrogens is 1. The number of anilines is 1. The van der Waals surface area contributed by atoms with Gasteiger partial charge in [-0.05, 0) is 45.5 Å². The summed E-state index contributed by atoms with van der Waals surface area (Å²) in [4.78, 5) is 52.6. The molecule has 4 N–H and O–H groups in total. The average Bonchev–Trinajstić information content (AvgIpc) is 3.15. The maximum atomic E-state index is 11.6. The molecule has 0 aliphatic carbocycles. The molecule has 1 aliphatic rings. The predicted octanol–water partition coefficient (Wildman–Crippen LogP) is 7.00. The smallest absolute Gasteiger partial charge is 0.317 e. The van der Waals surface area contributed by atoms with Crippen molar-refractivity contribution >= 4 is 39.4 Å². The number of hydrogen-bond acceptors (Lipinski definition) is 9. The van der Waals surface area contributed by atoms with Crippen LogP contribution in [0, 0.1) is 0 Å². The van der Waals surface area contributed by atoms with Gasteiger partial charge in [0.05, 0.1) is 47.4 Å². The van der Waals surface area contributed by atoms with Crippen molar-refractivity contribution in [1.29, 1.82) is 0 Å². The van der Waals surface area contributed by atoms with Crippen LogP contribution in [0.2, 0.25) is 0 Å². The van der Waals surface area contributed by atoms with E-state index in [2.05, 4.69) is 58.8 Å². The van der Waals surface area contributed by atoms with Gasteiger partial charge in [-0.2, -0.15) is 0 Å². The molecular weight excluding hydrogens is 792 g/mol. The van der Waals surface area contributed by atoms with E-state index in [1.54, 1.807) is 4.90 Å². The van der Waals surface area contributed by atoms with Gasteiger partial charge in [0.25, 0.3) is 7.23 Å². The molecule has 59 heavy (non-hydrogen) atoms. The largest absolute Gasteiger partial charge is 0.480 e. The Labute approximate surface area is 358 Å². The zero-order chi connectivity index (χ0) is 43.4. The molecule has 1 aromatic rings. The van der Waals surface area contributed by atoms with Crippen molar-refractivity contribution in [2.75, 3.05) is 118 Å². The maximum Gasteiger partial charge on any atom is 0.317 e. The van der Waals surface area contributed by atoms with E-state index in [1.165, 1.54) is 89.0 Å². The normalized spacial score (nSPS) is 16.6. The second-order valence-corrected chi connectivity index (χ2v) is 20.5. The fourth-order valence-corrected chi connectivity index (χ4v) is 8.61. The van der Waals surface area contributed by atoms with E-state index in [-0.39, 0.29) is 19.6 Å². The number of carboxylic acid groups (broad SMARTS) is 3. The zero-order valence-electron chi connectivity index (χ0n) is 36.7. The maximum absolute atomic E-state index is 11.6. The zero-order valence-corrected chi connectivity index (χ0v) is 38.6. The van der Waals surface area contributed by atoms with Gasteiger partial charge in [-0.25, -0.2) is 0 Å². The van der Waals surface area contributed by atoms with Gasteiger partial charge in [0.15, 0.2) is 0 Å². The summed E-state index contributed by atoms with van der Waals surface area (Å²) in [5.41, 5.74) is 2.33. The Bertz CT molecular complexity index is 1320. The Morgan fingerprint density at radius 3 is 1.27 bits per heavy atom. The van der Waals surface area contributed by atoms with E-state index in [9.17, 15) is 34.6 Å². The first-order valence-corrected chi connectivity index (χ1v) is 25.2. The molecule has 0 radical (unpaired) electrons. The molecule has 1 fully saturated rings. The van der Waals surface area contributed by atoms with Crippen LogP contribution in [0.4, 0.5) is 5.69 Å². The van der Waals surface area contributed by atoms with Crippen LogP contribution in [0.1, 0.15) is 108 Å². The average molecular weight is 873 g/mol. The van der Waals surface area contributed by atoms with Gasteiger partial charge in [0.1, 0.15) is 13.2 Å². The number of aliphatic carboxylic acids is 3. The van der Waals surface area contributed by atoms with Crippen LogP contribution >= 0.6 is 15.8 Å². The lowest BCUT2D eigenvalue weighted by Gasteiger charge is -2.34. The third-order valence-electron chi connectivity index (χ3n) is 10.9. The molecular formula is C43H80N5O9P2+. The van der Waals surface area contributed by atoms with Crippen molar-refractivity contribution in [3.05, 3.63) is 29.8 Å². The summed E-state index contributed by atoms with van der Waals surface area (Å²) < 4.78 is 11.9. The first-order chi connectivity index (χ1) is 28.1. The van der Waals surface area contributed by atoms with Gasteiger partial charge in [0, 0.05) is 58.0 Å². The summed E-state index contributed by atoms with van der Waals surface area (Å²) in [7, 11) is 6.67. The minimum atomic E-state index is -2.89. The fourth-order valence-electron chi connectivity index (χ4n) is 7.29. The molecule has 340 valence electrons. The number of benzene rings is 1. The molecule has 1 aliphatic heterocycles. The van der Waals surface area contributed by atoms with Crippen molar-refractivity contribution in [1.82, 2.24) is 14.7 Å². The standard InChI is InChI=1S/C43H79N5O9P2/c1-48(2,3)33-35-57-59(55,58)56-34-19-17-15-13-11-9-7-5-4-6-8-10-12-14-16-18-20-39-21-23-40(24-22-39)47-31-29-45(37-42(51)52)27-25-44(36-41(49)50)26-28-46(30-32-47)38-43(53)54/h21-24,58H,4-20,25-38H2,1-3H3,(H3-,49,50,51,52,53,54,55)/p+1. The van der Waals surface area contributed by atoms with Crippen LogP contribution in [0.3, 0.4) is 0 Å². The Morgan fingerprint density at radius 1 is 0.559 bits per heavy atom. The molecule has 14 nitrogen and oxygen atoms in total. The van der Waals surface area contributed by atoms with Gasteiger partial charge in [-0.3, -0.25) is 29.1 Å². The molecule has 0 aromatic heterocycles. The highest BCUT2D eigenvalue weighted by Gasteiger charge is 2.21. The number of likely N-dealkylation sites (N-methyl/N-ethyl adjacent to an activating group) is 1. The molecule has 0 spiro atoms. The second kappa shape index (κ2) is 30.8. The molecule has 1 heterocycles. The molecule has 0 saturated carbocycles. The van der Waals surface area contributed by atoms with Crippen LogP contribution in [-0.2, 0) is 29.9 Å². The summed E-state index contributed by atoms with van der Waals surface area (Å²) in [6.07, 6.45) is 21.2. The van der Waals surface area contributed by atoms with Crippen LogP contribution < -0.4 is 4.90 Å². The highest BCUT2D eigenvalue weighted by molar-refractivity contribution is 7.88. The number of nitrogens with zero attached hydrogens (tertiary/aromatic N) is 5. The van der Waals surface area contributed by atoms with Crippen LogP contribution in [0.25, 0.3) is 0 Å². The Hall–Kier alpha value is -2.12. The van der Waals surface area contributed by atoms with Crippen molar-refractivity contribution in [3.8, 4) is 0 Å². The van der Waals surface area contributed by atoms with E-state index >= 15 is 0 Å². The first kappa shape index (κ1) is 53.0. The monoisotopic (exact) mass is 873 g/mol. The summed E-state index contributed by atoms with van der Waals surface area (Å²) in [6.45, 7) is 5.11. The van der Waals surface area contributed by atoms with Crippen molar-refractivity contribution in [2.45, 2.75) is 109 Å². The van der Waals surface area contributed by atoms with E-state index in [4.69, 9.17) is 9.05 Å². The van der Waals surface area contributed by atoms with Gasteiger partial charge >= 0.3 is 17.9 Å². The molecule has 0 amide bonds. The van der Waals surface area contributed by atoms with Crippen LogP contribution in [0.5, 0.6) is 0 Å². The molecule has 1 atom stereocenters. The van der Waals surface area contributed by atoms with E-state index in [0.717, 1.165) is 42.4 Å². The topological polar surface area (TPSA) is 164 Å². The number of rotatable bonds is 31.